The van der Waals surface area contributed by atoms with Gasteiger partial charge in [-0.25, -0.2) is 15.0 Å². The van der Waals surface area contributed by atoms with Gasteiger partial charge in [-0.2, -0.15) is 0 Å². The van der Waals surface area contributed by atoms with Gasteiger partial charge >= 0.3 is 5.97 Å². The Hall–Kier alpha value is -5.12. The molecule has 10 heteroatoms. The van der Waals surface area contributed by atoms with Crippen molar-refractivity contribution in [3.05, 3.63) is 76.9 Å². The molecule has 0 aliphatic carbocycles. The summed E-state index contributed by atoms with van der Waals surface area (Å²) >= 11 is 0. The largest absolute Gasteiger partial charge is 0.507 e. The number of aromatic nitrogens is 3. The molecule has 0 aliphatic heterocycles. The van der Waals surface area contributed by atoms with Crippen molar-refractivity contribution in [1.82, 2.24) is 20.3 Å². The molecule has 1 amide bonds. The van der Waals surface area contributed by atoms with Crippen molar-refractivity contribution in [2.75, 3.05) is 19.8 Å². The first kappa shape index (κ1) is 30.8. The van der Waals surface area contributed by atoms with Gasteiger partial charge in [0.05, 0.1) is 12.1 Å². The van der Waals surface area contributed by atoms with Crippen LogP contribution in [-0.4, -0.2) is 57.5 Å². The second-order valence-electron chi connectivity index (χ2n) is 10.4. The van der Waals surface area contributed by atoms with Crippen LogP contribution in [0.5, 0.6) is 11.5 Å². The Morgan fingerprint density at radius 2 is 1.30 bits per heavy atom. The molecular formula is C33H34N4O6. The lowest BCUT2D eigenvalue weighted by atomic mass is 10.0. The van der Waals surface area contributed by atoms with Crippen molar-refractivity contribution in [2.24, 2.45) is 0 Å². The summed E-state index contributed by atoms with van der Waals surface area (Å²) in [5.74, 6) is 0.0228. The maximum atomic E-state index is 12.1. The summed E-state index contributed by atoms with van der Waals surface area (Å²) < 4.78 is 10.4. The molecule has 222 valence electrons. The minimum absolute atomic E-state index is 0.0620. The molecular weight excluding hydrogens is 548 g/mol. The Balaban J connectivity index is 1.53. The van der Waals surface area contributed by atoms with E-state index in [-0.39, 0.29) is 43.5 Å². The van der Waals surface area contributed by atoms with E-state index in [1.54, 1.807) is 12.1 Å². The van der Waals surface area contributed by atoms with Gasteiger partial charge in [0.25, 0.3) is 5.91 Å². The predicted octanol–water partition coefficient (Wildman–Crippen LogP) is 4.83. The molecule has 0 saturated heterocycles. The number of hydrogen-bond acceptors (Lipinski definition) is 9. The Labute approximate surface area is 250 Å². The molecule has 0 aliphatic rings. The number of phenols is 1. The predicted molar refractivity (Wildman–Crippen MR) is 162 cm³/mol. The van der Waals surface area contributed by atoms with E-state index in [2.05, 4.69) is 17.4 Å². The number of esters is 1. The Morgan fingerprint density at radius 3 is 1.81 bits per heavy atom. The van der Waals surface area contributed by atoms with Crippen molar-refractivity contribution in [1.29, 1.82) is 0 Å². The van der Waals surface area contributed by atoms with Crippen LogP contribution in [0.2, 0.25) is 0 Å². The Kier molecular flexibility index (Phi) is 9.82. The third-order valence-electron chi connectivity index (χ3n) is 6.54. The summed E-state index contributed by atoms with van der Waals surface area (Å²) in [7, 11) is 0. The summed E-state index contributed by atoms with van der Waals surface area (Å²) in [5, 5.41) is 13.5. The van der Waals surface area contributed by atoms with Crippen molar-refractivity contribution < 1.29 is 29.0 Å². The van der Waals surface area contributed by atoms with E-state index in [1.165, 1.54) is 13.0 Å². The number of amides is 1. The minimum atomic E-state index is -0.644. The number of ketones is 1. The summed E-state index contributed by atoms with van der Waals surface area (Å²) in [6.45, 7) is 9.04. The van der Waals surface area contributed by atoms with Crippen LogP contribution < -0.4 is 10.1 Å². The van der Waals surface area contributed by atoms with Crippen LogP contribution in [0.4, 0.5) is 0 Å². The van der Waals surface area contributed by atoms with Crippen molar-refractivity contribution in [3.8, 4) is 45.7 Å². The first-order chi connectivity index (χ1) is 20.5. The van der Waals surface area contributed by atoms with E-state index < -0.39 is 11.9 Å². The van der Waals surface area contributed by atoms with E-state index >= 15 is 0 Å². The van der Waals surface area contributed by atoms with Crippen LogP contribution >= 0.6 is 0 Å². The zero-order valence-corrected chi connectivity index (χ0v) is 24.9. The molecule has 1 aromatic heterocycles. The van der Waals surface area contributed by atoms with Gasteiger partial charge in [0.1, 0.15) is 30.3 Å². The van der Waals surface area contributed by atoms with Gasteiger partial charge in [-0.1, -0.05) is 47.5 Å². The number of phenolic OH excluding ortho intramolecular Hbond substituents is 1. The first-order valence-electron chi connectivity index (χ1n) is 13.8. The molecule has 0 bridgehead atoms. The lowest BCUT2D eigenvalue weighted by Crippen LogP contribution is -2.32. The van der Waals surface area contributed by atoms with Crippen LogP contribution in [0, 0.1) is 27.7 Å². The number of rotatable bonds is 11. The number of carbonyl (C=O) groups is 3. The highest BCUT2D eigenvalue weighted by atomic mass is 16.5. The summed E-state index contributed by atoms with van der Waals surface area (Å²) in [4.78, 5) is 48.7. The maximum Gasteiger partial charge on any atom is 0.313 e. The molecule has 4 aromatic rings. The number of Topliss-reactive ketones (excluding diaryl/α,β-unsaturated/α-hetero) is 1. The summed E-state index contributed by atoms with van der Waals surface area (Å²) in [6, 6.07) is 16.7. The third-order valence-corrected chi connectivity index (χ3v) is 6.54. The standard InChI is InChI=1S/C33H34N4O6/c1-19-6-9-25(21(3)14-19)31-35-32(26-10-7-20(2)15-22(26)4)37-33(36-31)27-11-8-24(17-28(27)39)43-18-29(40)34-12-13-42-30(41)16-23(5)38/h6-11,14-15,17,39H,12-13,16,18H2,1-5H3,(H,34,40). The number of nitrogens with one attached hydrogen (secondary N) is 1. The van der Waals surface area contributed by atoms with Crippen LogP contribution in [0.1, 0.15) is 35.6 Å². The normalized spacial score (nSPS) is 10.7. The number of nitrogens with zero attached hydrogens (tertiary/aromatic N) is 3. The molecule has 10 nitrogen and oxygen atoms in total. The molecule has 0 atom stereocenters. The molecule has 3 aromatic carbocycles. The average molecular weight is 583 g/mol. The summed E-state index contributed by atoms with van der Waals surface area (Å²) in [6.07, 6.45) is -0.305. The second-order valence-corrected chi connectivity index (χ2v) is 10.4. The number of ether oxygens (including phenoxy) is 2. The Bertz CT molecular complexity index is 1610. The van der Waals surface area contributed by atoms with Gasteiger partial charge in [-0.05, 0) is 57.9 Å². The molecule has 1 heterocycles. The Morgan fingerprint density at radius 1 is 0.767 bits per heavy atom. The highest BCUT2D eigenvalue weighted by Crippen LogP contribution is 2.34. The van der Waals surface area contributed by atoms with Crippen molar-refractivity contribution in [2.45, 2.75) is 41.0 Å². The monoisotopic (exact) mass is 582 g/mol. The zero-order chi connectivity index (χ0) is 31.1. The van der Waals surface area contributed by atoms with E-state index in [9.17, 15) is 19.5 Å². The lowest BCUT2D eigenvalue weighted by Gasteiger charge is -2.13. The number of carbonyl (C=O) groups excluding carboxylic acids is 3. The van der Waals surface area contributed by atoms with Crippen LogP contribution in [-0.2, 0) is 19.1 Å². The smallest absolute Gasteiger partial charge is 0.313 e. The van der Waals surface area contributed by atoms with Crippen molar-refractivity contribution >= 4 is 17.7 Å². The molecule has 0 fully saturated rings. The lowest BCUT2D eigenvalue weighted by molar-refractivity contribution is -0.146. The molecule has 0 radical (unpaired) electrons. The number of hydrogen-bond donors (Lipinski definition) is 2. The van der Waals surface area contributed by atoms with Crippen molar-refractivity contribution in [3.63, 3.8) is 0 Å². The van der Waals surface area contributed by atoms with Gasteiger partial charge in [0.15, 0.2) is 24.1 Å². The quantitative estimate of drug-likeness (QED) is 0.145. The zero-order valence-electron chi connectivity index (χ0n) is 24.9. The molecule has 0 unspecified atom stereocenters. The van der Waals surface area contributed by atoms with Crippen LogP contribution in [0.25, 0.3) is 34.2 Å². The fourth-order valence-corrected chi connectivity index (χ4v) is 4.47. The van der Waals surface area contributed by atoms with Gasteiger partial charge < -0.3 is 19.9 Å². The first-order valence-corrected chi connectivity index (χ1v) is 13.8. The molecule has 0 spiro atoms. The van der Waals surface area contributed by atoms with Gasteiger partial charge in [0, 0.05) is 17.2 Å². The van der Waals surface area contributed by atoms with E-state index in [4.69, 9.17) is 24.4 Å². The SMILES string of the molecule is CC(=O)CC(=O)OCCNC(=O)COc1ccc(-c2nc(-c3ccc(C)cc3C)nc(-c3ccc(C)cc3C)n2)c(O)c1. The number of aryl methyl sites for hydroxylation is 4. The highest BCUT2D eigenvalue weighted by molar-refractivity contribution is 5.94. The number of aromatic hydroxyl groups is 1. The maximum absolute atomic E-state index is 12.1. The minimum Gasteiger partial charge on any atom is -0.507 e. The average Bonchev–Trinajstić information content (AvgIpc) is 2.93. The fourth-order valence-electron chi connectivity index (χ4n) is 4.47. The highest BCUT2D eigenvalue weighted by Gasteiger charge is 2.17. The van der Waals surface area contributed by atoms with E-state index in [0.717, 1.165) is 33.4 Å². The summed E-state index contributed by atoms with van der Waals surface area (Å²) in [5.41, 5.74) is 6.39. The van der Waals surface area contributed by atoms with Crippen LogP contribution in [0.15, 0.2) is 54.6 Å². The van der Waals surface area contributed by atoms with Gasteiger partial charge in [0.2, 0.25) is 0 Å². The molecule has 2 N–H and O–H groups in total. The fraction of sp³-hybridized carbons (Fsp3) is 0.273. The topological polar surface area (TPSA) is 141 Å². The number of benzene rings is 3. The van der Waals surface area contributed by atoms with Crippen LogP contribution in [0.3, 0.4) is 0 Å². The third kappa shape index (κ3) is 8.22. The molecule has 4 rings (SSSR count). The van der Waals surface area contributed by atoms with Gasteiger partial charge in [-0.15, -0.1) is 0 Å². The van der Waals surface area contributed by atoms with E-state index in [0.29, 0.717) is 23.0 Å². The molecule has 43 heavy (non-hydrogen) atoms. The van der Waals surface area contributed by atoms with E-state index in [1.807, 2.05) is 52.0 Å². The second kappa shape index (κ2) is 13.7. The molecule has 0 saturated carbocycles. The van der Waals surface area contributed by atoms with Gasteiger partial charge in [-0.3, -0.25) is 14.4 Å².